The normalized spacial score (nSPS) is 13.4. The van der Waals surface area contributed by atoms with E-state index in [0.29, 0.717) is 0 Å². The highest BCUT2D eigenvalue weighted by atomic mass is 32.2. The first-order valence-corrected chi connectivity index (χ1v) is 5.46. The number of carbonyl (C=O) groups excluding carboxylic acids is 1. The van der Waals surface area contributed by atoms with Gasteiger partial charge in [0.25, 0.3) is 0 Å². The number of nitrogens with one attached hydrogen (secondary N) is 1. The van der Waals surface area contributed by atoms with E-state index in [1.54, 1.807) is 0 Å². The fraction of sp³-hybridized carbons (Fsp3) is 0.571. The summed E-state index contributed by atoms with van der Waals surface area (Å²) in [5.74, 6) is -0.620. The fourth-order valence-electron chi connectivity index (χ4n) is 0.760. The largest absolute Gasteiger partial charge is 0.468 e. The van der Waals surface area contributed by atoms with E-state index in [-0.39, 0.29) is 6.42 Å². The van der Waals surface area contributed by atoms with Gasteiger partial charge in [-0.15, -0.1) is 6.58 Å². The van der Waals surface area contributed by atoms with Crippen LogP contribution in [-0.2, 0) is 19.6 Å². The third-order valence-electron chi connectivity index (χ3n) is 1.24. The van der Waals surface area contributed by atoms with E-state index < -0.39 is 22.0 Å². The molecule has 0 aromatic carbocycles. The Morgan fingerprint density at radius 3 is 2.54 bits per heavy atom. The Bertz CT molecular complexity index is 283. The third kappa shape index (κ3) is 5.37. The molecule has 0 aliphatic heterocycles. The minimum absolute atomic E-state index is 0.208. The van der Waals surface area contributed by atoms with Crippen LogP contribution >= 0.6 is 0 Å². The van der Waals surface area contributed by atoms with Gasteiger partial charge in [-0.3, -0.25) is 4.79 Å². The average Bonchev–Trinajstić information content (AvgIpc) is 2.00. The Morgan fingerprint density at radius 1 is 1.69 bits per heavy atom. The van der Waals surface area contributed by atoms with E-state index >= 15 is 0 Å². The average molecular weight is 207 g/mol. The lowest BCUT2D eigenvalue weighted by atomic mass is 10.2. The van der Waals surface area contributed by atoms with Crippen molar-refractivity contribution in [1.29, 1.82) is 0 Å². The monoisotopic (exact) mass is 207 g/mol. The molecule has 0 aromatic heterocycles. The molecule has 0 unspecified atom stereocenters. The van der Waals surface area contributed by atoms with Crippen LogP contribution in [0, 0.1) is 0 Å². The van der Waals surface area contributed by atoms with E-state index in [9.17, 15) is 13.2 Å². The number of esters is 1. The van der Waals surface area contributed by atoms with Crippen molar-refractivity contribution in [2.24, 2.45) is 0 Å². The van der Waals surface area contributed by atoms with Crippen molar-refractivity contribution in [3.63, 3.8) is 0 Å². The van der Waals surface area contributed by atoms with Crippen LogP contribution in [0.5, 0.6) is 0 Å². The first kappa shape index (κ1) is 12.1. The summed E-state index contributed by atoms with van der Waals surface area (Å²) < 4.78 is 28.1. The van der Waals surface area contributed by atoms with Crippen molar-refractivity contribution in [2.45, 2.75) is 12.5 Å². The molecule has 0 fully saturated rings. The summed E-state index contributed by atoms with van der Waals surface area (Å²) in [5.41, 5.74) is 0. The minimum Gasteiger partial charge on any atom is -0.468 e. The summed E-state index contributed by atoms with van der Waals surface area (Å²) in [6, 6.07) is -0.877. The number of hydrogen-bond donors (Lipinski definition) is 1. The van der Waals surface area contributed by atoms with Gasteiger partial charge in [-0.1, -0.05) is 6.08 Å². The maximum atomic E-state index is 11.0. The number of carbonyl (C=O) groups is 1. The Labute approximate surface area is 77.8 Å². The molecular weight excluding hydrogens is 194 g/mol. The van der Waals surface area contributed by atoms with Gasteiger partial charge in [-0.2, -0.15) is 0 Å². The zero-order valence-corrected chi connectivity index (χ0v) is 8.43. The van der Waals surface area contributed by atoms with Crippen LogP contribution < -0.4 is 4.72 Å². The van der Waals surface area contributed by atoms with Gasteiger partial charge in [-0.25, -0.2) is 13.1 Å². The number of methoxy groups -OCH3 is 1. The van der Waals surface area contributed by atoms with Gasteiger partial charge < -0.3 is 4.74 Å². The molecule has 6 heteroatoms. The van der Waals surface area contributed by atoms with Crippen molar-refractivity contribution in [2.75, 3.05) is 13.4 Å². The quantitative estimate of drug-likeness (QED) is 0.494. The van der Waals surface area contributed by atoms with E-state index in [4.69, 9.17) is 0 Å². The highest BCUT2D eigenvalue weighted by Gasteiger charge is 2.20. The predicted molar refractivity (Wildman–Crippen MR) is 48.6 cm³/mol. The van der Waals surface area contributed by atoms with Gasteiger partial charge >= 0.3 is 5.97 Å². The predicted octanol–water partition coefficient (Wildman–Crippen LogP) is -0.347. The second kappa shape index (κ2) is 4.98. The van der Waals surface area contributed by atoms with Crippen LogP contribution in [0.15, 0.2) is 12.7 Å². The van der Waals surface area contributed by atoms with Crippen LogP contribution in [-0.4, -0.2) is 33.8 Å². The second-order valence-corrected chi connectivity index (χ2v) is 4.27. The fourth-order valence-corrected chi connectivity index (χ4v) is 1.47. The highest BCUT2D eigenvalue weighted by Crippen LogP contribution is 1.97. The minimum atomic E-state index is -3.40. The molecule has 0 radical (unpaired) electrons. The van der Waals surface area contributed by atoms with E-state index in [0.717, 1.165) is 6.26 Å². The zero-order valence-electron chi connectivity index (χ0n) is 7.61. The molecule has 0 amide bonds. The molecule has 13 heavy (non-hydrogen) atoms. The van der Waals surface area contributed by atoms with Gasteiger partial charge in [0.05, 0.1) is 13.4 Å². The van der Waals surface area contributed by atoms with Gasteiger partial charge in [-0.05, 0) is 6.42 Å². The van der Waals surface area contributed by atoms with E-state index in [2.05, 4.69) is 16.0 Å². The van der Waals surface area contributed by atoms with Crippen molar-refractivity contribution in [3.05, 3.63) is 12.7 Å². The van der Waals surface area contributed by atoms with Crippen LogP contribution in [0.1, 0.15) is 6.42 Å². The van der Waals surface area contributed by atoms with Gasteiger partial charge in [0, 0.05) is 0 Å². The lowest BCUT2D eigenvalue weighted by Gasteiger charge is -2.12. The Morgan fingerprint density at radius 2 is 2.23 bits per heavy atom. The molecule has 0 spiro atoms. The Hall–Kier alpha value is -0.880. The van der Waals surface area contributed by atoms with Gasteiger partial charge in [0.2, 0.25) is 10.0 Å². The topological polar surface area (TPSA) is 72.5 Å². The number of ether oxygens (including phenoxy) is 1. The van der Waals surface area contributed by atoms with Crippen LogP contribution in [0.4, 0.5) is 0 Å². The summed E-state index contributed by atoms with van der Waals surface area (Å²) in [6.45, 7) is 3.40. The van der Waals surface area contributed by atoms with Crippen molar-refractivity contribution in [1.82, 2.24) is 4.72 Å². The summed E-state index contributed by atoms with van der Waals surface area (Å²) >= 11 is 0. The first-order valence-electron chi connectivity index (χ1n) is 3.56. The van der Waals surface area contributed by atoms with Gasteiger partial charge in [0.1, 0.15) is 6.04 Å². The van der Waals surface area contributed by atoms with Crippen LogP contribution in [0.2, 0.25) is 0 Å². The zero-order chi connectivity index (χ0) is 10.5. The highest BCUT2D eigenvalue weighted by molar-refractivity contribution is 7.88. The van der Waals surface area contributed by atoms with Crippen LogP contribution in [0.3, 0.4) is 0 Å². The molecule has 0 saturated carbocycles. The summed E-state index contributed by atoms with van der Waals surface area (Å²) in [6.07, 6.45) is 2.63. The molecule has 0 aromatic rings. The maximum absolute atomic E-state index is 11.0. The summed E-state index contributed by atoms with van der Waals surface area (Å²) in [7, 11) is -2.20. The number of sulfonamides is 1. The maximum Gasteiger partial charge on any atom is 0.324 e. The summed E-state index contributed by atoms with van der Waals surface area (Å²) in [4.78, 5) is 11.0. The third-order valence-corrected chi connectivity index (χ3v) is 1.96. The lowest BCUT2D eigenvalue weighted by Crippen LogP contribution is -2.40. The molecule has 76 valence electrons. The molecule has 0 heterocycles. The van der Waals surface area contributed by atoms with Crippen molar-refractivity contribution < 1.29 is 17.9 Å². The molecule has 0 aliphatic rings. The number of hydrogen-bond acceptors (Lipinski definition) is 4. The second-order valence-electron chi connectivity index (χ2n) is 2.49. The van der Waals surface area contributed by atoms with Crippen LogP contribution in [0.25, 0.3) is 0 Å². The van der Waals surface area contributed by atoms with Crippen molar-refractivity contribution >= 4 is 16.0 Å². The van der Waals surface area contributed by atoms with Gasteiger partial charge in [0.15, 0.2) is 0 Å². The first-order chi connectivity index (χ1) is 5.90. The molecule has 0 saturated heterocycles. The molecular formula is C7H13NO4S. The molecule has 1 atom stereocenters. The smallest absolute Gasteiger partial charge is 0.324 e. The Kier molecular flexibility index (Phi) is 4.64. The van der Waals surface area contributed by atoms with E-state index in [1.165, 1.54) is 13.2 Å². The van der Waals surface area contributed by atoms with E-state index in [1.807, 2.05) is 0 Å². The SMILES string of the molecule is C=CC[C@@H](NS(C)(=O)=O)C(=O)OC. The number of rotatable bonds is 5. The Balaban J connectivity index is 4.43. The summed E-state index contributed by atoms with van der Waals surface area (Å²) in [5, 5.41) is 0. The lowest BCUT2D eigenvalue weighted by molar-refractivity contribution is -0.142. The standard InChI is InChI=1S/C7H13NO4S/c1-4-5-6(7(9)12-2)8-13(3,10)11/h4,6,8H,1,5H2,2-3H3/t6-/m1/s1. The molecule has 1 N–H and O–H groups in total. The molecule has 0 bridgehead atoms. The molecule has 0 rings (SSSR count). The molecule has 0 aliphatic carbocycles. The van der Waals surface area contributed by atoms with Crippen molar-refractivity contribution in [3.8, 4) is 0 Å². The molecule has 5 nitrogen and oxygen atoms in total.